The number of rotatable bonds is 5. The molecule has 0 aliphatic carbocycles. The van der Waals surface area contributed by atoms with Crippen molar-refractivity contribution in [2.45, 2.75) is 38.8 Å². The lowest BCUT2D eigenvalue weighted by Gasteiger charge is -2.18. The van der Waals surface area contributed by atoms with Gasteiger partial charge < -0.3 is 9.73 Å². The molecule has 1 aromatic rings. The fraction of sp³-hybridized carbons (Fsp3) is 0.500. The van der Waals surface area contributed by atoms with Gasteiger partial charge in [-0.3, -0.25) is 0 Å². The van der Waals surface area contributed by atoms with Gasteiger partial charge >= 0.3 is 0 Å². The molecule has 1 N–H and O–H groups in total. The van der Waals surface area contributed by atoms with Crippen molar-refractivity contribution in [1.29, 1.82) is 0 Å². The summed E-state index contributed by atoms with van der Waals surface area (Å²) in [5.74, 6) is 3.63. The fourth-order valence-electron chi connectivity index (χ4n) is 1.47. The summed E-state index contributed by atoms with van der Waals surface area (Å²) >= 11 is 0. The number of nitrogens with one attached hydrogen (secondary N) is 1. The van der Waals surface area contributed by atoms with E-state index in [1.807, 2.05) is 12.1 Å². The lowest BCUT2D eigenvalue weighted by atomic mass is 10.1. The molecule has 0 radical (unpaired) electrons. The molecule has 0 aliphatic heterocycles. The van der Waals surface area contributed by atoms with Gasteiger partial charge in [-0.15, -0.1) is 12.3 Å². The molecule has 0 amide bonds. The second-order valence-electron chi connectivity index (χ2n) is 3.45. The molecular formula is C12H17NO. The molecule has 2 unspecified atom stereocenters. The quantitative estimate of drug-likeness (QED) is 0.724. The minimum absolute atomic E-state index is 0.272. The molecular weight excluding hydrogens is 174 g/mol. The fourth-order valence-corrected chi connectivity index (χ4v) is 1.47. The number of hydrogen-bond acceptors (Lipinski definition) is 2. The van der Waals surface area contributed by atoms with Crippen LogP contribution >= 0.6 is 0 Å². The first kappa shape index (κ1) is 10.9. The van der Waals surface area contributed by atoms with E-state index < -0.39 is 0 Å². The molecule has 0 fully saturated rings. The van der Waals surface area contributed by atoms with Gasteiger partial charge in [0, 0.05) is 12.5 Å². The van der Waals surface area contributed by atoms with Crippen molar-refractivity contribution < 1.29 is 4.42 Å². The Labute approximate surface area is 85.7 Å². The van der Waals surface area contributed by atoms with Crippen LogP contribution in [0.3, 0.4) is 0 Å². The van der Waals surface area contributed by atoms with Crippen molar-refractivity contribution in [3.8, 4) is 12.3 Å². The standard InChI is InChI=1S/C12H17NO/c1-4-7-10(3)13-11(5-2)12-8-6-9-14-12/h1,6,8-11,13H,5,7H2,2-3H3. The molecule has 2 heteroatoms. The number of furan rings is 1. The van der Waals surface area contributed by atoms with Crippen LogP contribution in [0, 0.1) is 12.3 Å². The zero-order chi connectivity index (χ0) is 10.4. The molecule has 1 heterocycles. The maximum atomic E-state index is 5.35. The van der Waals surface area contributed by atoms with Gasteiger partial charge in [-0.2, -0.15) is 0 Å². The van der Waals surface area contributed by atoms with Gasteiger partial charge in [0.1, 0.15) is 5.76 Å². The molecule has 0 bridgehead atoms. The van der Waals surface area contributed by atoms with E-state index in [0.29, 0.717) is 6.04 Å². The summed E-state index contributed by atoms with van der Waals surface area (Å²) in [7, 11) is 0. The Morgan fingerprint density at radius 1 is 1.64 bits per heavy atom. The highest BCUT2D eigenvalue weighted by atomic mass is 16.3. The third-order valence-corrected chi connectivity index (χ3v) is 2.20. The van der Waals surface area contributed by atoms with E-state index in [2.05, 4.69) is 25.1 Å². The van der Waals surface area contributed by atoms with Crippen LogP contribution in [-0.2, 0) is 0 Å². The molecule has 1 aromatic heterocycles. The summed E-state index contributed by atoms with van der Waals surface area (Å²) in [5.41, 5.74) is 0. The summed E-state index contributed by atoms with van der Waals surface area (Å²) in [6.07, 6.45) is 8.70. The molecule has 0 saturated carbocycles. The molecule has 1 rings (SSSR count). The van der Waals surface area contributed by atoms with Gasteiger partial charge in [0.25, 0.3) is 0 Å². The van der Waals surface area contributed by atoms with Crippen LogP contribution in [0.4, 0.5) is 0 Å². The molecule has 0 saturated heterocycles. The Morgan fingerprint density at radius 2 is 2.43 bits per heavy atom. The third-order valence-electron chi connectivity index (χ3n) is 2.20. The Hall–Kier alpha value is -1.20. The first-order valence-electron chi connectivity index (χ1n) is 5.00. The molecule has 14 heavy (non-hydrogen) atoms. The maximum absolute atomic E-state index is 5.35. The predicted octanol–water partition coefficient (Wildman–Crippen LogP) is 2.73. The van der Waals surface area contributed by atoms with E-state index in [4.69, 9.17) is 10.8 Å². The van der Waals surface area contributed by atoms with Crippen LogP contribution in [0.5, 0.6) is 0 Å². The van der Waals surface area contributed by atoms with Gasteiger partial charge in [0.15, 0.2) is 0 Å². The minimum atomic E-state index is 0.272. The summed E-state index contributed by atoms with van der Waals surface area (Å²) < 4.78 is 5.35. The van der Waals surface area contributed by atoms with Crippen molar-refractivity contribution >= 4 is 0 Å². The van der Waals surface area contributed by atoms with Gasteiger partial charge in [-0.1, -0.05) is 6.92 Å². The lowest BCUT2D eigenvalue weighted by molar-refractivity contribution is 0.375. The van der Waals surface area contributed by atoms with Crippen LogP contribution in [-0.4, -0.2) is 6.04 Å². The Bertz CT molecular complexity index is 284. The average Bonchev–Trinajstić information content (AvgIpc) is 2.67. The molecule has 2 atom stereocenters. The van der Waals surface area contributed by atoms with E-state index in [1.165, 1.54) is 0 Å². The van der Waals surface area contributed by atoms with Gasteiger partial charge in [0.05, 0.1) is 12.3 Å². The third kappa shape index (κ3) is 2.93. The largest absolute Gasteiger partial charge is 0.468 e. The highest BCUT2D eigenvalue weighted by molar-refractivity contribution is 5.04. The van der Waals surface area contributed by atoms with Crippen molar-refractivity contribution in [3.63, 3.8) is 0 Å². The first-order chi connectivity index (χ1) is 6.77. The van der Waals surface area contributed by atoms with Gasteiger partial charge in [0.2, 0.25) is 0 Å². The molecule has 0 aliphatic rings. The van der Waals surface area contributed by atoms with E-state index >= 15 is 0 Å². The van der Waals surface area contributed by atoms with E-state index in [9.17, 15) is 0 Å². The van der Waals surface area contributed by atoms with Crippen LogP contribution in [0.25, 0.3) is 0 Å². The highest BCUT2D eigenvalue weighted by Gasteiger charge is 2.13. The van der Waals surface area contributed by atoms with Crippen LogP contribution in [0.1, 0.15) is 38.5 Å². The second-order valence-corrected chi connectivity index (χ2v) is 3.45. The molecule has 76 valence electrons. The zero-order valence-corrected chi connectivity index (χ0v) is 8.79. The summed E-state index contributed by atoms with van der Waals surface area (Å²) in [4.78, 5) is 0. The maximum Gasteiger partial charge on any atom is 0.120 e. The number of terminal acetylenes is 1. The van der Waals surface area contributed by atoms with Crippen LogP contribution in [0.2, 0.25) is 0 Å². The van der Waals surface area contributed by atoms with Crippen LogP contribution < -0.4 is 5.32 Å². The number of hydrogen-bond donors (Lipinski definition) is 1. The summed E-state index contributed by atoms with van der Waals surface area (Å²) in [6.45, 7) is 4.22. The monoisotopic (exact) mass is 191 g/mol. The van der Waals surface area contributed by atoms with Crippen LogP contribution in [0.15, 0.2) is 22.8 Å². The Balaban J connectivity index is 2.52. The van der Waals surface area contributed by atoms with Gasteiger partial charge in [-0.25, -0.2) is 0 Å². The van der Waals surface area contributed by atoms with Crippen molar-refractivity contribution in [2.24, 2.45) is 0 Å². The molecule has 0 aromatic carbocycles. The van der Waals surface area contributed by atoms with E-state index in [0.717, 1.165) is 18.6 Å². The van der Waals surface area contributed by atoms with Gasteiger partial charge in [-0.05, 0) is 25.5 Å². The predicted molar refractivity (Wildman–Crippen MR) is 57.8 cm³/mol. The molecule has 2 nitrogen and oxygen atoms in total. The van der Waals surface area contributed by atoms with Crippen molar-refractivity contribution in [1.82, 2.24) is 5.32 Å². The summed E-state index contributed by atoms with van der Waals surface area (Å²) in [6, 6.07) is 4.50. The Morgan fingerprint density at radius 3 is 2.93 bits per heavy atom. The van der Waals surface area contributed by atoms with Crippen molar-refractivity contribution in [3.05, 3.63) is 24.2 Å². The highest BCUT2D eigenvalue weighted by Crippen LogP contribution is 2.17. The Kier molecular flexibility index (Phi) is 4.28. The minimum Gasteiger partial charge on any atom is -0.468 e. The smallest absolute Gasteiger partial charge is 0.120 e. The van der Waals surface area contributed by atoms with E-state index in [-0.39, 0.29) is 6.04 Å². The normalized spacial score (nSPS) is 14.6. The summed E-state index contributed by atoms with van der Waals surface area (Å²) in [5, 5.41) is 3.43. The SMILES string of the molecule is C#CCC(C)NC(CC)c1ccco1. The first-order valence-corrected chi connectivity index (χ1v) is 5.00. The average molecular weight is 191 g/mol. The second kappa shape index (κ2) is 5.51. The lowest BCUT2D eigenvalue weighted by Crippen LogP contribution is -2.29. The molecule has 0 spiro atoms. The van der Waals surface area contributed by atoms with E-state index in [1.54, 1.807) is 6.26 Å². The van der Waals surface area contributed by atoms with Crippen molar-refractivity contribution in [2.75, 3.05) is 0 Å². The topological polar surface area (TPSA) is 25.2 Å². The zero-order valence-electron chi connectivity index (χ0n) is 8.79.